The quantitative estimate of drug-likeness (QED) is 0.432. The van der Waals surface area contributed by atoms with Crippen molar-refractivity contribution in [3.63, 3.8) is 0 Å². The molecule has 3 aromatic rings. The van der Waals surface area contributed by atoms with Gasteiger partial charge in [-0.15, -0.1) is 0 Å². The fraction of sp³-hybridized carbons (Fsp3) is 0.190. The third-order valence-electron chi connectivity index (χ3n) is 3.94. The minimum atomic E-state index is -0.729. The van der Waals surface area contributed by atoms with Crippen LogP contribution in [0, 0.1) is 11.8 Å². The van der Waals surface area contributed by atoms with Crippen molar-refractivity contribution in [1.29, 1.82) is 0 Å². The lowest BCUT2D eigenvalue weighted by Gasteiger charge is -2.09. The van der Waals surface area contributed by atoms with Crippen LogP contribution in [0.2, 0.25) is 0 Å². The second-order valence-electron chi connectivity index (χ2n) is 6.06. The van der Waals surface area contributed by atoms with E-state index < -0.39 is 6.67 Å². The van der Waals surface area contributed by atoms with Gasteiger partial charge in [0.2, 0.25) is 5.88 Å². The summed E-state index contributed by atoms with van der Waals surface area (Å²) in [6, 6.07) is 7.23. The first-order chi connectivity index (χ1) is 14.7. The van der Waals surface area contributed by atoms with Crippen molar-refractivity contribution in [1.82, 2.24) is 19.9 Å². The largest absolute Gasteiger partial charge is 0.463 e. The molecule has 8 nitrogen and oxygen atoms in total. The monoisotopic (exact) mass is 406 g/mol. The van der Waals surface area contributed by atoms with E-state index in [1.165, 1.54) is 12.4 Å². The van der Waals surface area contributed by atoms with Crippen LogP contribution >= 0.6 is 0 Å². The van der Waals surface area contributed by atoms with Gasteiger partial charge in [0.1, 0.15) is 18.2 Å². The molecule has 0 aliphatic carbocycles. The summed E-state index contributed by atoms with van der Waals surface area (Å²) < 4.78 is 17.1. The van der Waals surface area contributed by atoms with Gasteiger partial charge < -0.3 is 15.8 Å². The lowest BCUT2D eigenvalue weighted by atomic mass is 10.1. The van der Waals surface area contributed by atoms with Gasteiger partial charge in [-0.25, -0.2) is 19.3 Å². The summed E-state index contributed by atoms with van der Waals surface area (Å²) in [5.74, 6) is 5.15. The average Bonchev–Trinajstić information content (AvgIpc) is 2.77. The molecule has 9 heteroatoms. The van der Waals surface area contributed by atoms with Crippen molar-refractivity contribution >= 4 is 17.3 Å². The molecule has 3 heterocycles. The van der Waals surface area contributed by atoms with Gasteiger partial charge in [-0.3, -0.25) is 9.78 Å². The topological polar surface area (TPSA) is 116 Å². The third kappa shape index (κ3) is 5.97. The van der Waals surface area contributed by atoms with Crippen molar-refractivity contribution in [3.8, 4) is 17.7 Å². The number of Topliss-reactive ketones (excluding diaryl/α,β-unsaturated/α-hetero) is 1. The van der Waals surface area contributed by atoms with Gasteiger partial charge in [0, 0.05) is 18.8 Å². The lowest BCUT2D eigenvalue weighted by Crippen LogP contribution is -2.09. The Kier molecular flexibility index (Phi) is 7.22. The van der Waals surface area contributed by atoms with Crippen LogP contribution in [0.15, 0.2) is 49.1 Å². The number of ether oxygens (including phenoxy) is 1. The zero-order valence-electron chi connectivity index (χ0n) is 16.0. The van der Waals surface area contributed by atoms with E-state index in [1.807, 2.05) is 12.1 Å². The van der Waals surface area contributed by atoms with Gasteiger partial charge in [0.05, 0.1) is 30.3 Å². The number of aromatic nitrogens is 4. The van der Waals surface area contributed by atoms with Gasteiger partial charge in [-0.1, -0.05) is 11.8 Å². The molecule has 0 fully saturated rings. The zero-order valence-corrected chi connectivity index (χ0v) is 16.0. The lowest BCUT2D eigenvalue weighted by molar-refractivity contribution is 0.0987. The van der Waals surface area contributed by atoms with Crippen molar-refractivity contribution in [2.45, 2.75) is 13.0 Å². The summed E-state index contributed by atoms with van der Waals surface area (Å²) in [6.45, 7) is -0.285. The second-order valence-corrected chi connectivity index (χ2v) is 6.06. The zero-order chi connectivity index (χ0) is 21.2. The molecule has 0 unspecified atom stereocenters. The predicted molar refractivity (Wildman–Crippen MR) is 110 cm³/mol. The van der Waals surface area contributed by atoms with Gasteiger partial charge in [-0.2, -0.15) is 0 Å². The Morgan fingerprint density at radius 1 is 1.13 bits per heavy atom. The summed E-state index contributed by atoms with van der Waals surface area (Å²) >= 11 is 0. The second kappa shape index (κ2) is 10.5. The van der Waals surface area contributed by atoms with Crippen LogP contribution < -0.4 is 15.8 Å². The Labute approximate surface area is 172 Å². The number of carbonyl (C=O) groups is 1. The van der Waals surface area contributed by atoms with Crippen LogP contribution in [0.4, 0.5) is 15.9 Å². The van der Waals surface area contributed by atoms with Crippen LogP contribution in [-0.2, 0) is 13.0 Å². The summed E-state index contributed by atoms with van der Waals surface area (Å²) in [5, 5.41) is 3.17. The molecular weight excluding hydrogens is 387 g/mol. The van der Waals surface area contributed by atoms with Gasteiger partial charge in [-0.05, 0) is 29.8 Å². The summed E-state index contributed by atoms with van der Waals surface area (Å²) in [5.41, 5.74) is 8.31. The summed E-state index contributed by atoms with van der Waals surface area (Å²) in [4.78, 5) is 28.9. The Balaban J connectivity index is 1.57. The maximum absolute atomic E-state index is 12.5. The van der Waals surface area contributed by atoms with Crippen LogP contribution in [-0.4, -0.2) is 39.0 Å². The highest BCUT2D eigenvalue weighted by atomic mass is 19.1. The standard InChI is InChI=1S/C21H19FN6O2/c22-6-1-2-9-30-20-14-27-18(13-28-20)19(29)11-15-5-8-24-16(10-15)12-26-17-4-3-7-25-21(17)23/h3-5,7-8,10,13-14,26H,6,9,11-12H2,(H2,23,25). The van der Waals surface area contributed by atoms with Crippen molar-refractivity contribution < 1.29 is 13.9 Å². The van der Waals surface area contributed by atoms with Gasteiger partial charge in [0.15, 0.2) is 12.4 Å². The van der Waals surface area contributed by atoms with Gasteiger partial charge >= 0.3 is 0 Å². The van der Waals surface area contributed by atoms with Crippen LogP contribution in [0.25, 0.3) is 0 Å². The summed E-state index contributed by atoms with van der Waals surface area (Å²) in [6.07, 6.45) is 6.10. The van der Waals surface area contributed by atoms with E-state index in [1.54, 1.807) is 24.5 Å². The molecule has 0 amide bonds. The van der Waals surface area contributed by atoms with E-state index in [0.29, 0.717) is 18.1 Å². The fourth-order valence-corrected chi connectivity index (χ4v) is 2.51. The molecule has 0 saturated heterocycles. The number of anilines is 2. The Morgan fingerprint density at radius 3 is 2.80 bits per heavy atom. The molecule has 3 N–H and O–H groups in total. The smallest absolute Gasteiger partial charge is 0.233 e. The molecule has 0 atom stereocenters. The number of nitrogens with one attached hydrogen (secondary N) is 1. The Hall–Kier alpha value is -4.06. The number of nitrogens with two attached hydrogens (primary N) is 1. The Bertz CT molecular complexity index is 1060. The molecule has 0 radical (unpaired) electrons. The molecule has 0 bridgehead atoms. The fourth-order valence-electron chi connectivity index (χ4n) is 2.51. The normalized spacial score (nSPS) is 10.0. The first-order valence-electron chi connectivity index (χ1n) is 9.03. The number of carbonyl (C=O) groups excluding carboxylic acids is 1. The third-order valence-corrected chi connectivity index (χ3v) is 3.94. The predicted octanol–water partition coefficient (Wildman–Crippen LogP) is 2.24. The van der Waals surface area contributed by atoms with Crippen molar-refractivity contribution in [2.24, 2.45) is 0 Å². The highest BCUT2D eigenvalue weighted by Gasteiger charge is 2.11. The molecule has 3 aromatic heterocycles. The van der Waals surface area contributed by atoms with Gasteiger partial charge in [0.25, 0.3) is 0 Å². The highest BCUT2D eigenvalue weighted by Crippen LogP contribution is 2.15. The maximum Gasteiger partial charge on any atom is 0.233 e. The minimum absolute atomic E-state index is 0.00438. The van der Waals surface area contributed by atoms with Crippen LogP contribution in [0.3, 0.4) is 0 Å². The number of rotatable bonds is 8. The van der Waals surface area contributed by atoms with E-state index in [9.17, 15) is 9.18 Å². The maximum atomic E-state index is 12.5. The molecular formula is C21H19FN6O2. The van der Waals surface area contributed by atoms with E-state index in [4.69, 9.17) is 10.5 Å². The van der Waals surface area contributed by atoms with E-state index in [2.05, 4.69) is 37.1 Å². The molecule has 152 valence electrons. The van der Waals surface area contributed by atoms with Crippen LogP contribution in [0.5, 0.6) is 5.88 Å². The number of hydrogen-bond acceptors (Lipinski definition) is 8. The first kappa shape index (κ1) is 20.7. The number of nitrogens with zero attached hydrogens (tertiary/aromatic N) is 4. The molecule has 3 rings (SSSR count). The number of ketones is 1. The molecule has 0 aromatic carbocycles. The first-order valence-corrected chi connectivity index (χ1v) is 9.03. The Morgan fingerprint density at radius 2 is 2.03 bits per heavy atom. The molecule has 0 aliphatic rings. The van der Waals surface area contributed by atoms with E-state index in [0.717, 1.165) is 11.3 Å². The number of alkyl halides is 1. The molecule has 0 saturated carbocycles. The van der Waals surface area contributed by atoms with E-state index in [-0.39, 0.29) is 30.4 Å². The van der Waals surface area contributed by atoms with Crippen LogP contribution in [0.1, 0.15) is 21.7 Å². The van der Waals surface area contributed by atoms with Crippen molar-refractivity contribution in [2.75, 3.05) is 24.3 Å². The highest BCUT2D eigenvalue weighted by molar-refractivity contribution is 5.95. The number of hydrogen-bond donors (Lipinski definition) is 2. The minimum Gasteiger partial charge on any atom is -0.463 e. The number of nitrogen functional groups attached to an aromatic ring is 1. The average molecular weight is 406 g/mol. The van der Waals surface area contributed by atoms with Crippen molar-refractivity contribution in [3.05, 3.63) is 66.0 Å². The molecule has 30 heavy (non-hydrogen) atoms. The number of pyridine rings is 2. The van der Waals surface area contributed by atoms with E-state index >= 15 is 0 Å². The molecule has 0 spiro atoms. The SMILES string of the molecule is Nc1ncccc1NCc1cc(CC(=O)c2cnc(OCC#CCF)cn2)ccn1. The molecule has 0 aliphatic heterocycles. The summed E-state index contributed by atoms with van der Waals surface area (Å²) in [7, 11) is 0. The number of halogens is 1.